The third-order valence-electron chi connectivity index (χ3n) is 7.34. The third-order valence-corrected chi connectivity index (χ3v) is 7.34. The minimum atomic E-state index is -2.38. The minimum Gasteiger partial charge on any atom is -0.394 e. The number of aldehydes is 1. The van der Waals surface area contributed by atoms with Crippen molar-refractivity contribution in [2.45, 2.75) is 98.2 Å². The molecule has 0 aromatic rings. The highest BCUT2D eigenvalue weighted by Crippen LogP contribution is 2.38. The van der Waals surface area contributed by atoms with Crippen LogP contribution in [-0.4, -0.2) is 159 Å². The van der Waals surface area contributed by atoms with Crippen molar-refractivity contribution in [1.82, 2.24) is 5.32 Å². The van der Waals surface area contributed by atoms with Crippen molar-refractivity contribution >= 4 is 18.2 Å². The van der Waals surface area contributed by atoms with E-state index in [4.69, 9.17) is 41.9 Å². The minimum absolute atomic E-state index is 0.140. The summed E-state index contributed by atoms with van der Waals surface area (Å²) in [5.41, 5.74) is 19.4. The van der Waals surface area contributed by atoms with E-state index >= 15 is 0 Å². The Labute approximate surface area is 228 Å². The van der Waals surface area contributed by atoms with Gasteiger partial charge in [0.1, 0.15) is 60.9 Å². The first-order valence-electron chi connectivity index (χ1n) is 12.4. The Morgan fingerprint density at radius 1 is 0.900 bits per heavy atom. The molecule has 0 amide bonds. The summed E-state index contributed by atoms with van der Waals surface area (Å²) in [4.78, 5) is 19.7. The van der Waals surface area contributed by atoms with E-state index in [2.05, 4.69) is 15.3 Å². The standard InChI is InChI=1S/C21H39N7O12/c1-5-21(36,4-30)16(40-17-9(26-2)13(34)10(31)6(3-29)38-17)18(37-5)39-15-8(28-20(24)25)11(32)7(27-19(22)23)12(33)14(15)35/h4-18,26,29,31-36H,3H2,1-2H3,(H4,22,23,27)(H4,24,25,28)/t5-,6-,7-,8+,9-,10-,11-,12+,13-,14-,15-,16?,17?,18-,21+/m0/s1. The van der Waals surface area contributed by atoms with Gasteiger partial charge in [-0.2, -0.15) is 0 Å². The van der Waals surface area contributed by atoms with Gasteiger partial charge in [0.05, 0.1) is 18.8 Å². The number of aliphatic imine (C=N–C) groups is 2. The molecule has 3 aliphatic rings. The summed E-state index contributed by atoms with van der Waals surface area (Å²) >= 11 is 0. The van der Waals surface area contributed by atoms with Gasteiger partial charge in [-0.1, -0.05) is 0 Å². The van der Waals surface area contributed by atoms with E-state index in [9.17, 15) is 40.5 Å². The van der Waals surface area contributed by atoms with Crippen LogP contribution in [0.15, 0.2) is 9.98 Å². The first-order valence-corrected chi connectivity index (χ1v) is 12.4. The maximum absolute atomic E-state index is 12.1. The number of ether oxygens (including phenoxy) is 4. The zero-order valence-corrected chi connectivity index (χ0v) is 21.7. The Hall–Kier alpha value is -2.27. The van der Waals surface area contributed by atoms with Crippen molar-refractivity contribution in [2.75, 3.05) is 13.7 Å². The van der Waals surface area contributed by atoms with E-state index in [-0.39, 0.29) is 6.29 Å². The van der Waals surface area contributed by atoms with Crippen molar-refractivity contribution in [1.29, 1.82) is 0 Å². The molecule has 0 aromatic heterocycles. The number of likely N-dealkylation sites (N-methyl/N-ethyl adjacent to an activating group) is 1. The number of aliphatic hydroxyl groups excluding tert-OH is 6. The van der Waals surface area contributed by atoms with Gasteiger partial charge in [-0.3, -0.25) is 4.79 Å². The molecule has 1 saturated carbocycles. The Morgan fingerprint density at radius 3 is 2.02 bits per heavy atom. The van der Waals surface area contributed by atoms with Crippen LogP contribution in [0.1, 0.15) is 6.92 Å². The molecule has 40 heavy (non-hydrogen) atoms. The Bertz CT molecular complexity index is 940. The number of hydrogen-bond acceptors (Lipinski definition) is 15. The van der Waals surface area contributed by atoms with Crippen molar-refractivity contribution in [3.05, 3.63) is 0 Å². The van der Waals surface area contributed by atoms with Crippen molar-refractivity contribution in [3.63, 3.8) is 0 Å². The fraction of sp³-hybridized carbons (Fsp3) is 0.857. The van der Waals surface area contributed by atoms with Crippen molar-refractivity contribution in [3.8, 4) is 0 Å². The van der Waals surface area contributed by atoms with Crippen LogP contribution < -0.4 is 28.3 Å². The van der Waals surface area contributed by atoms with Crippen LogP contribution in [0.2, 0.25) is 0 Å². The molecular weight excluding hydrogens is 542 g/mol. The third kappa shape index (κ3) is 6.00. The topological polar surface area (TPSA) is 336 Å². The number of hydrogen-bond donors (Lipinski definition) is 12. The summed E-state index contributed by atoms with van der Waals surface area (Å²) in [5, 5.41) is 76.6. The number of guanidine groups is 2. The Kier molecular flexibility index (Phi) is 10.2. The molecule has 230 valence electrons. The molecule has 1 aliphatic carbocycles. The molecule has 0 bridgehead atoms. The molecule has 19 heteroatoms. The van der Waals surface area contributed by atoms with Crippen LogP contribution in [0.3, 0.4) is 0 Å². The predicted octanol–water partition coefficient (Wildman–Crippen LogP) is -8.16. The van der Waals surface area contributed by atoms with Crippen LogP contribution in [0.5, 0.6) is 0 Å². The lowest BCUT2D eigenvalue weighted by atomic mass is 9.81. The van der Waals surface area contributed by atoms with E-state index in [1.54, 1.807) is 0 Å². The Balaban J connectivity index is 1.96. The van der Waals surface area contributed by atoms with Crippen LogP contribution in [0, 0.1) is 0 Å². The zero-order chi connectivity index (χ0) is 30.1. The highest BCUT2D eigenvalue weighted by atomic mass is 16.8. The second-order valence-corrected chi connectivity index (χ2v) is 9.89. The summed E-state index contributed by atoms with van der Waals surface area (Å²) < 4.78 is 22.9. The number of carbonyl (C=O) groups is 1. The fourth-order valence-electron chi connectivity index (χ4n) is 5.08. The average Bonchev–Trinajstić information content (AvgIpc) is 3.13. The number of carbonyl (C=O) groups excluding carboxylic acids is 1. The molecule has 0 radical (unpaired) electrons. The van der Waals surface area contributed by atoms with E-state index < -0.39 is 110 Å². The van der Waals surface area contributed by atoms with E-state index in [0.717, 1.165) is 0 Å². The van der Waals surface area contributed by atoms with Gasteiger partial charge in [0.25, 0.3) is 0 Å². The average molecular weight is 582 g/mol. The fourth-order valence-corrected chi connectivity index (χ4v) is 5.08. The number of nitrogens with zero attached hydrogens (tertiary/aromatic N) is 2. The summed E-state index contributed by atoms with van der Waals surface area (Å²) in [6.45, 7) is 0.620. The van der Waals surface area contributed by atoms with Gasteiger partial charge in [-0.25, -0.2) is 9.98 Å². The molecule has 0 aromatic carbocycles. The Morgan fingerprint density at radius 2 is 1.50 bits per heavy atom. The summed E-state index contributed by atoms with van der Waals surface area (Å²) in [5.74, 6) is -1.03. The number of nitrogens with one attached hydrogen (secondary N) is 1. The lowest BCUT2D eigenvalue weighted by Crippen LogP contribution is -2.66. The van der Waals surface area contributed by atoms with Gasteiger partial charge >= 0.3 is 0 Å². The monoisotopic (exact) mass is 581 g/mol. The van der Waals surface area contributed by atoms with Crippen LogP contribution >= 0.6 is 0 Å². The molecule has 3 fully saturated rings. The van der Waals surface area contributed by atoms with Crippen LogP contribution in [0.4, 0.5) is 0 Å². The number of nitrogens with two attached hydrogens (primary N) is 4. The highest BCUT2D eigenvalue weighted by Gasteiger charge is 2.60. The zero-order valence-electron chi connectivity index (χ0n) is 21.7. The van der Waals surface area contributed by atoms with Gasteiger partial charge < -0.3 is 82.9 Å². The maximum atomic E-state index is 12.1. The SMILES string of the molecule is CN[C@@H]1C(OC2[C@H](O[C@@H]3[C@@H](O)[C@H](O)[C@@H](N=C(N)N)[C@H](O)[C@H]3N=C(N)N)O[C@@H](C)[C@]2(O)C=O)O[C@@H](CO)[C@H](O)[C@H]1O. The molecule has 2 heterocycles. The molecule has 16 N–H and O–H groups in total. The van der Waals surface area contributed by atoms with Gasteiger partial charge in [0, 0.05) is 0 Å². The summed E-state index contributed by atoms with van der Waals surface area (Å²) in [6, 6.07) is -4.08. The summed E-state index contributed by atoms with van der Waals surface area (Å²) in [6.07, 6.45) is -17.3. The van der Waals surface area contributed by atoms with Crippen LogP contribution in [0.25, 0.3) is 0 Å². The molecule has 2 unspecified atom stereocenters. The lowest BCUT2D eigenvalue weighted by molar-refractivity contribution is -0.314. The molecule has 2 saturated heterocycles. The largest absolute Gasteiger partial charge is 0.394 e. The van der Waals surface area contributed by atoms with E-state index in [1.807, 2.05) is 0 Å². The normalized spacial score (nSPS) is 47.4. The second-order valence-electron chi connectivity index (χ2n) is 9.89. The first kappa shape index (κ1) is 32.2. The van der Waals surface area contributed by atoms with E-state index in [1.165, 1.54) is 14.0 Å². The quantitative estimate of drug-likeness (QED) is 0.0682. The smallest absolute Gasteiger partial charge is 0.188 e. The van der Waals surface area contributed by atoms with Gasteiger partial charge in [0.2, 0.25) is 0 Å². The highest BCUT2D eigenvalue weighted by molar-refractivity contribution is 5.76. The van der Waals surface area contributed by atoms with Crippen LogP contribution in [-0.2, 0) is 23.7 Å². The number of rotatable bonds is 9. The molecule has 0 spiro atoms. The molecule has 15 atom stereocenters. The number of aliphatic hydroxyl groups is 7. The predicted molar refractivity (Wildman–Crippen MR) is 133 cm³/mol. The van der Waals surface area contributed by atoms with Crippen molar-refractivity contribution in [2.24, 2.45) is 32.9 Å². The molecule has 3 rings (SSSR count). The molecule has 2 aliphatic heterocycles. The molecular formula is C21H39N7O12. The lowest BCUT2D eigenvalue weighted by Gasteiger charge is -2.45. The van der Waals surface area contributed by atoms with Gasteiger partial charge in [0.15, 0.2) is 36.4 Å². The first-order chi connectivity index (χ1) is 18.7. The van der Waals surface area contributed by atoms with Crippen molar-refractivity contribution < 1.29 is 59.5 Å². The van der Waals surface area contributed by atoms with Gasteiger partial charge in [-0.15, -0.1) is 0 Å². The van der Waals surface area contributed by atoms with Gasteiger partial charge in [-0.05, 0) is 14.0 Å². The summed E-state index contributed by atoms with van der Waals surface area (Å²) in [7, 11) is 1.42. The molecule has 19 nitrogen and oxygen atoms in total. The second kappa shape index (κ2) is 12.7. The van der Waals surface area contributed by atoms with E-state index in [0.29, 0.717) is 0 Å². The maximum Gasteiger partial charge on any atom is 0.188 e.